The first kappa shape index (κ1) is 15.8. The molecule has 0 bridgehead atoms. The molecule has 2 aromatic rings. The van der Waals surface area contributed by atoms with Crippen molar-refractivity contribution in [2.24, 2.45) is 0 Å². The van der Waals surface area contributed by atoms with Gasteiger partial charge in [0.05, 0.1) is 21.0 Å². The van der Waals surface area contributed by atoms with E-state index in [9.17, 15) is 21.6 Å². The quantitative estimate of drug-likeness (QED) is 0.805. The van der Waals surface area contributed by atoms with E-state index in [1.807, 2.05) is 0 Å². The van der Waals surface area contributed by atoms with E-state index in [2.05, 4.69) is 15.9 Å². The van der Waals surface area contributed by atoms with Gasteiger partial charge in [0.1, 0.15) is 0 Å². The van der Waals surface area contributed by atoms with Crippen molar-refractivity contribution in [3.63, 3.8) is 0 Å². The average molecular weight is 380 g/mol. The number of hydrogen-bond acceptors (Lipinski definition) is 3. The van der Waals surface area contributed by atoms with Gasteiger partial charge in [-0.1, -0.05) is 15.9 Å². The van der Waals surface area contributed by atoms with Crippen molar-refractivity contribution >= 4 is 31.5 Å². The minimum absolute atomic E-state index is 0.128. The third-order valence-corrected chi connectivity index (χ3v) is 5.11. The maximum Gasteiger partial charge on any atom is 0.416 e. The van der Waals surface area contributed by atoms with Gasteiger partial charge in [-0.25, -0.2) is 8.42 Å². The molecule has 2 rings (SSSR count). The van der Waals surface area contributed by atoms with Crippen molar-refractivity contribution in [3.8, 4) is 0 Å². The molecule has 0 saturated heterocycles. The van der Waals surface area contributed by atoms with Crippen molar-refractivity contribution in [3.05, 3.63) is 52.5 Å². The van der Waals surface area contributed by atoms with E-state index in [0.717, 1.165) is 12.1 Å². The Morgan fingerprint density at radius 3 is 2.10 bits per heavy atom. The van der Waals surface area contributed by atoms with Crippen LogP contribution >= 0.6 is 15.9 Å². The lowest BCUT2D eigenvalue weighted by Gasteiger charge is -2.12. The van der Waals surface area contributed by atoms with Crippen LogP contribution in [0.15, 0.2) is 56.7 Å². The van der Waals surface area contributed by atoms with Crippen LogP contribution in [0.4, 0.5) is 18.9 Å². The molecule has 0 heterocycles. The number of sulfone groups is 1. The van der Waals surface area contributed by atoms with Crippen LogP contribution in [0.5, 0.6) is 0 Å². The van der Waals surface area contributed by atoms with E-state index in [4.69, 9.17) is 5.73 Å². The first-order valence-electron chi connectivity index (χ1n) is 5.60. The normalized spacial score (nSPS) is 12.4. The van der Waals surface area contributed by atoms with Gasteiger partial charge < -0.3 is 5.73 Å². The fraction of sp³-hybridized carbons (Fsp3) is 0.0769. The monoisotopic (exact) mass is 379 g/mol. The second-order valence-electron chi connectivity index (χ2n) is 4.21. The number of nitrogens with two attached hydrogens (primary N) is 1. The van der Waals surface area contributed by atoms with Gasteiger partial charge in [0, 0.05) is 4.47 Å². The molecule has 0 aliphatic carbocycles. The number of nitrogen functional groups attached to an aromatic ring is 1. The van der Waals surface area contributed by atoms with Gasteiger partial charge in [-0.2, -0.15) is 13.2 Å². The first-order valence-corrected chi connectivity index (χ1v) is 7.87. The molecule has 0 aromatic heterocycles. The molecule has 112 valence electrons. The van der Waals surface area contributed by atoms with E-state index in [-0.39, 0.29) is 10.6 Å². The zero-order valence-electron chi connectivity index (χ0n) is 10.4. The highest BCUT2D eigenvalue weighted by molar-refractivity contribution is 9.10. The summed E-state index contributed by atoms with van der Waals surface area (Å²) in [6, 6.07) is 7.78. The number of rotatable bonds is 2. The molecule has 2 N–H and O–H groups in total. The lowest BCUT2D eigenvalue weighted by Crippen LogP contribution is -2.10. The van der Waals surface area contributed by atoms with Crippen LogP contribution in [0, 0.1) is 0 Å². The summed E-state index contributed by atoms with van der Waals surface area (Å²) in [5.74, 6) is 0. The Morgan fingerprint density at radius 2 is 1.57 bits per heavy atom. The van der Waals surface area contributed by atoms with Crippen LogP contribution in [0.2, 0.25) is 0 Å². The van der Waals surface area contributed by atoms with Gasteiger partial charge in [0.2, 0.25) is 9.84 Å². The van der Waals surface area contributed by atoms with E-state index >= 15 is 0 Å². The number of halogens is 4. The Hall–Kier alpha value is -1.54. The van der Waals surface area contributed by atoms with Crippen molar-refractivity contribution < 1.29 is 21.6 Å². The summed E-state index contributed by atoms with van der Waals surface area (Å²) in [7, 11) is -4.12. The van der Waals surface area contributed by atoms with Gasteiger partial charge in [0.25, 0.3) is 0 Å². The molecular weight excluding hydrogens is 371 g/mol. The van der Waals surface area contributed by atoms with Gasteiger partial charge in [-0.15, -0.1) is 0 Å². The third-order valence-electron chi connectivity index (χ3n) is 2.75. The second-order valence-corrected chi connectivity index (χ2v) is 7.04. The van der Waals surface area contributed by atoms with Crippen molar-refractivity contribution in [1.82, 2.24) is 0 Å². The molecule has 21 heavy (non-hydrogen) atoms. The molecule has 2 aromatic carbocycles. The van der Waals surface area contributed by atoms with Crippen LogP contribution < -0.4 is 5.73 Å². The predicted molar refractivity (Wildman–Crippen MR) is 75.5 cm³/mol. The van der Waals surface area contributed by atoms with E-state index in [1.165, 1.54) is 24.3 Å². The second kappa shape index (κ2) is 5.34. The number of hydrogen-bond donors (Lipinski definition) is 1. The smallest absolute Gasteiger partial charge is 0.398 e. The lowest BCUT2D eigenvalue weighted by molar-refractivity contribution is -0.137. The molecule has 0 spiro atoms. The SMILES string of the molecule is Nc1ccc(C(F)(F)F)cc1S(=O)(=O)c1ccc(Br)cc1. The molecule has 3 nitrogen and oxygen atoms in total. The summed E-state index contributed by atoms with van der Waals surface area (Å²) in [6.45, 7) is 0. The summed E-state index contributed by atoms with van der Waals surface area (Å²) in [4.78, 5) is -0.684. The maximum absolute atomic E-state index is 12.7. The molecule has 0 radical (unpaired) electrons. The Balaban J connectivity index is 2.62. The Labute approximate surface area is 127 Å². The molecule has 0 aliphatic heterocycles. The summed E-state index contributed by atoms with van der Waals surface area (Å²) in [5, 5.41) is 0. The average Bonchev–Trinajstić information content (AvgIpc) is 2.38. The number of benzene rings is 2. The Bertz CT molecular complexity index is 771. The highest BCUT2D eigenvalue weighted by Gasteiger charge is 2.33. The van der Waals surface area contributed by atoms with Gasteiger partial charge in [-0.3, -0.25) is 0 Å². The van der Waals surface area contributed by atoms with Crippen molar-refractivity contribution in [2.45, 2.75) is 16.0 Å². The molecule has 0 saturated carbocycles. The highest BCUT2D eigenvalue weighted by Crippen LogP contribution is 2.34. The summed E-state index contributed by atoms with van der Waals surface area (Å²) in [5.41, 5.74) is 4.24. The van der Waals surface area contributed by atoms with Gasteiger partial charge in [-0.05, 0) is 42.5 Å². The zero-order chi connectivity index (χ0) is 15.8. The van der Waals surface area contributed by atoms with Gasteiger partial charge >= 0.3 is 6.18 Å². The zero-order valence-corrected chi connectivity index (χ0v) is 12.8. The summed E-state index contributed by atoms with van der Waals surface area (Å²) < 4.78 is 63.5. The molecular formula is C13H9BrF3NO2S. The molecule has 0 unspecified atom stereocenters. The molecule has 8 heteroatoms. The maximum atomic E-state index is 12.7. The van der Waals surface area contributed by atoms with E-state index < -0.39 is 26.5 Å². The molecule has 0 atom stereocenters. The fourth-order valence-corrected chi connectivity index (χ4v) is 3.36. The highest BCUT2D eigenvalue weighted by atomic mass is 79.9. The third kappa shape index (κ3) is 3.21. The van der Waals surface area contributed by atoms with Crippen LogP contribution in [-0.2, 0) is 16.0 Å². The summed E-state index contributed by atoms with van der Waals surface area (Å²) >= 11 is 3.15. The minimum Gasteiger partial charge on any atom is -0.398 e. The lowest BCUT2D eigenvalue weighted by atomic mass is 10.2. The summed E-state index contributed by atoms with van der Waals surface area (Å²) in [6.07, 6.45) is -4.64. The van der Waals surface area contributed by atoms with Crippen LogP contribution in [0.1, 0.15) is 5.56 Å². The van der Waals surface area contributed by atoms with E-state index in [1.54, 1.807) is 0 Å². The largest absolute Gasteiger partial charge is 0.416 e. The molecule has 0 aliphatic rings. The molecule has 0 amide bonds. The van der Waals surface area contributed by atoms with E-state index in [0.29, 0.717) is 10.5 Å². The van der Waals surface area contributed by atoms with Crippen molar-refractivity contribution in [1.29, 1.82) is 0 Å². The fourth-order valence-electron chi connectivity index (χ4n) is 1.68. The van der Waals surface area contributed by atoms with Crippen LogP contribution in [-0.4, -0.2) is 8.42 Å². The topological polar surface area (TPSA) is 60.2 Å². The Kier molecular flexibility index (Phi) is 4.03. The predicted octanol–water partition coefficient (Wildman–Crippen LogP) is 3.88. The number of anilines is 1. The van der Waals surface area contributed by atoms with Crippen LogP contribution in [0.25, 0.3) is 0 Å². The van der Waals surface area contributed by atoms with Crippen molar-refractivity contribution in [2.75, 3.05) is 5.73 Å². The standard InChI is InChI=1S/C13H9BrF3NO2S/c14-9-2-4-10(5-3-9)21(19,20)12-7-8(13(15,16)17)1-6-11(12)18/h1-7H,18H2. The molecule has 0 fully saturated rings. The number of alkyl halides is 3. The Morgan fingerprint density at radius 1 is 1.00 bits per heavy atom. The van der Waals surface area contributed by atoms with Crippen LogP contribution in [0.3, 0.4) is 0 Å². The minimum atomic E-state index is -4.64. The first-order chi connectivity index (χ1) is 9.62. The van der Waals surface area contributed by atoms with Gasteiger partial charge in [0.15, 0.2) is 0 Å².